The quantitative estimate of drug-likeness (QED) is 0.731. The van der Waals surface area contributed by atoms with Crippen molar-refractivity contribution in [3.63, 3.8) is 0 Å². The van der Waals surface area contributed by atoms with Gasteiger partial charge in [0, 0.05) is 12.1 Å². The normalized spacial score (nSPS) is 13.9. The van der Waals surface area contributed by atoms with Crippen molar-refractivity contribution in [2.75, 3.05) is 5.32 Å². The molecule has 5 nitrogen and oxygen atoms in total. The fourth-order valence-corrected chi connectivity index (χ4v) is 2.29. The van der Waals surface area contributed by atoms with E-state index in [9.17, 15) is 9.59 Å². The number of hydrogen-bond acceptors (Lipinski definition) is 2. The number of amides is 2. The van der Waals surface area contributed by atoms with Crippen LogP contribution in [-0.4, -0.2) is 23.1 Å². The second-order valence-corrected chi connectivity index (χ2v) is 4.73. The fraction of sp³-hybridized carbons (Fsp3) is 0.333. The lowest BCUT2D eigenvalue weighted by Crippen LogP contribution is -2.42. The monoisotopic (exact) mass is 272 g/mol. The smallest absolute Gasteiger partial charge is 0.327 e. The molecular weight excluding hydrogens is 256 g/mol. The largest absolute Gasteiger partial charge is 0.480 e. The molecule has 1 unspecified atom stereocenters. The Labute approximate surface area is 117 Å². The molecule has 1 aromatic rings. The molecular formula is C15H16N2O3. The number of urea groups is 1. The molecule has 5 heteroatoms. The number of aliphatic carboxylic acids is 1. The maximum absolute atomic E-state index is 11.7. The highest BCUT2D eigenvalue weighted by Gasteiger charge is 2.19. The lowest BCUT2D eigenvalue weighted by atomic mass is 10.1. The number of carboxylic acid groups (broad SMARTS) is 1. The molecule has 0 radical (unpaired) electrons. The van der Waals surface area contributed by atoms with E-state index in [1.54, 1.807) is 0 Å². The van der Waals surface area contributed by atoms with Gasteiger partial charge in [-0.15, -0.1) is 12.3 Å². The third-order valence-electron chi connectivity index (χ3n) is 3.28. The predicted molar refractivity (Wildman–Crippen MR) is 75.5 cm³/mol. The van der Waals surface area contributed by atoms with Crippen LogP contribution < -0.4 is 10.6 Å². The molecule has 104 valence electrons. The van der Waals surface area contributed by atoms with Crippen LogP contribution in [0.1, 0.15) is 24.0 Å². The van der Waals surface area contributed by atoms with Crippen molar-refractivity contribution in [3.8, 4) is 12.3 Å². The van der Waals surface area contributed by atoms with Gasteiger partial charge in [0.1, 0.15) is 6.04 Å². The molecule has 0 fully saturated rings. The first-order valence-electron chi connectivity index (χ1n) is 6.45. The zero-order chi connectivity index (χ0) is 14.5. The minimum absolute atomic E-state index is 0.0487. The molecule has 0 bridgehead atoms. The molecule has 3 N–H and O–H groups in total. The average molecular weight is 272 g/mol. The number of anilines is 1. The van der Waals surface area contributed by atoms with Crippen molar-refractivity contribution in [3.05, 3.63) is 29.3 Å². The molecule has 1 atom stereocenters. The van der Waals surface area contributed by atoms with E-state index < -0.39 is 18.0 Å². The Morgan fingerprint density at radius 3 is 2.80 bits per heavy atom. The van der Waals surface area contributed by atoms with Crippen LogP contribution in [-0.2, 0) is 17.6 Å². The number of hydrogen-bond donors (Lipinski definition) is 3. The highest BCUT2D eigenvalue weighted by Crippen LogP contribution is 2.24. The Balaban J connectivity index is 1.97. The van der Waals surface area contributed by atoms with E-state index in [-0.39, 0.29) is 6.42 Å². The zero-order valence-corrected chi connectivity index (χ0v) is 11.0. The number of carbonyl (C=O) groups is 2. The van der Waals surface area contributed by atoms with Gasteiger partial charge < -0.3 is 15.7 Å². The van der Waals surface area contributed by atoms with Gasteiger partial charge in [-0.05, 0) is 42.5 Å². The van der Waals surface area contributed by atoms with Gasteiger partial charge >= 0.3 is 12.0 Å². The number of carbonyl (C=O) groups excluding carboxylic acids is 1. The summed E-state index contributed by atoms with van der Waals surface area (Å²) < 4.78 is 0. The van der Waals surface area contributed by atoms with E-state index in [0.717, 1.165) is 19.3 Å². The van der Waals surface area contributed by atoms with Gasteiger partial charge in [0.2, 0.25) is 0 Å². The van der Waals surface area contributed by atoms with E-state index in [1.165, 1.54) is 11.1 Å². The van der Waals surface area contributed by atoms with Crippen molar-refractivity contribution in [1.82, 2.24) is 5.32 Å². The summed E-state index contributed by atoms with van der Waals surface area (Å²) in [5, 5.41) is 13.9. The van der Waals surface area contributed by atoms with Crippen molar-refractivity contribution < 1.29 is 14.7 Å². The first-order valence-corrected chi connectivity index (χ1v) is 6.45. The minimum Gasteiger partial charge on any atom is -0.480 e. The molecule has 20 heavy (non-hydrogen) atoms. The fourth-order valence-electron chi connectivity index (χ4n) is 2.29. The molecule has 0 aliphatic heterocycles. The number of rotatable bonds is 4. The van der Waals surface area contributed by atoms with Crippen molar-refractivity contribution in [2.24, 2.45) is 0 Å². The van der Waals surface area contributed by atoms with Crippen molar-refractivity contribution in [1.29, 1.82) is 0 Å². The molecule has 1 aromatic carbocycles. The molecule has 0 heterocycles. The van der Waals surface area contributed by atoms with E-state index >= 15 is 0 Å². The van der Waals surface area contributed by atoms with E-state index in [1.807, 2.05) is 18.2 Å². The number of carboxylic acids is 1. The second-order valence-electron chi connectivity index (χ2n) is 4.73. The minimum atomic E-state index is -1.15. The number of fused-ring (bicyclic) bond motifs is 1. The first kappa shape index (κ1) is 13.9. The molecule has 0 saturated heterocycles. The number of aryl methyl sites for hydroxylation is 2. The summed E-state index contributed by atoms with van der Waals surface area (Å²) in [6.45, 7) is 0. The summed E-state index contributed by atoms with van der Waals surface area (Å²) in [5.41, 5.74) is 3.21. The number of terminal acetylenes is 1. The molecule has 2 rings (SSSR count). The number of benzene rings is 1. The molecule has 0 saturated carbocycles. The lowest BCUT2D eigenvalue weighted by molar-refractivity contribution is -0.139. The van der Waals surface area contributed by atoms with Crippen LogP contribution in [0.15, 0.2) is 18.2 Å². The second kappa shape index (κ2) is 6.11. The van der Waals surface area contributed by atoms with Crippen LogP contribution in [0.2, 0.25) is 0 Å². The van der Waals surface area contributed by atoms with Crippen LogP contribution in [0, 0.1) is 12.3 Å². The maximum Gasteiger partial charge on any atom is 0.327 e. The van der Waals surface area contributed by atoms with E-state index in [0.29, 0.717) is 5.69 Å². The van der Waals surface area contributed by atoms with E-state index in [2.05, 4.69) is 16.6 Å². The SMILES string of the molecule is C#CCC(NC(=O)Nc1ccc2c(c1)CCC2)C(=O)O. The van der Waals surface area contributed by atoms with Crippen LogP contribution in [0.25, 0.3) is 0 Å². The van der Waals surface area contributed by atoms with Gasteiger partial charge in [0.25, 0.3) is 0 Å². The Morgan fingerprint density at radius 2 is 2.10 bits per heavy atom. The maximum atomic E-state index is 11.7. The highest BCUT2D eigenvalue weighted by molar-refractivity contribution is 5.92. The van der Waals surface area contributed by atoms with Crippen molar-refractivity contribution in [2.45, 2.75) is 31.7 Å². The van der Waals surface area contributed by atoms with Gasteiger partial charge in [-0.1, -0.05) is 6.07 Å². The topological polar surface area (TPSA) is 78.4 Å². The third-order valence-corrected chi connectivity index (χ3v) is 3.28. The first-order chi connectivity index (χ1) is 9.60. The summed E-state index contributed by atoms with van der Waals surface area (Å²) in [6.07, 6.45) is 8.25. The summed E-state index contributed by atoms with van der Waals surface area (Å²) in [4.78, 5) is 22.6. The Kier molecular flexibility index (Phi) is 4.26. The lowest BCUT2D eigenvalue weighted by Gasteiger charge is -2.13. The van der Waals surface area contributed by atoms with Gasteiger partial charge in [0.05, 0.1) is 0 Å². The average Bonchev–Trinajstić information content (AvgIpc) is 2.85. The molecule has 0 aromatic heterocycles. The highest BCUT2D eigenvalue weighted by atomic mass is 16.4. The predicted octanol–water partition coefficient (Wildman–Crippen LogP) is 1.77. The Morgan fingerprint density at radius 1 is 1.35 bits per heavy atom. The van der Waals surface area contributed by atoms with Crippen LogP contribution in [0.5, 0.6) is 0 Å². The third kappa shape index (κ3) is 3.29. The number of nitrogens with one attached hydrogen (secondary N) is 2. The summed E-state index contributed by atoms with van der Waals surface area (Å²) in [6, 6.07) is 4.10. The summed E-state index contributed by atoms with van der Waals surface area (Å²) in [5.74, 6) is 1.08. The van der Waals surface area contributed by atoms with Crippen LogP contribution in [0.4, 0.5) is 10.5 Å². The van der Waals surface area contributed by atoms with Crippen LogP contribution in [0.3, 0.4) is 0 Å². The van der Waals surface area contributed by atoms with Gasteiger partial charge in [-0.25, -0.2) is 9.59 Å². The summed E-state index contributed by atoms with van der Waals surface area (Å²) >= 11 is 0. The van der Waals surface area contributed by atoms with Crippen LogP contribution >= 0.6 is 0 Å². The molecule has 1 aliphatic rings. The van der Waals surface area contributed by atoms with Gasteiger partial charge in [-0.2, -0.15) is 0 Å². The van der Waals surface area contributed by atoms with Crippen molar-refractivity contribution >= 4 is 17.7 Å². The Hall–Kier alpha value is -2.48. The van der Waals surface area contributed by atoms with Gasteiger partial charge in [0.15, 0.2) is 0 Å². The zero-order valence-electron chi connectivity index (χ0n) is 11.0. The molecule has 2 amide bonds. The standard InChI is InChI=1S/C15H16N2O3/c1-2-4-13(14(18)19)17-15(20)16-12-8-7-10-5-3-6-11(10)9-12/h1,7-9,13H,3-6H2,(H,18,19)(H2,16,17,20). The van der Waals surface area contributed by atoms with Gasteiger partial charge in [-0.3, -0.25) is 0 Å². The molecule has 1 aliphatic carbocycles. The molecule has 0 spiro atoms. The summed E-state index contributed by atoms with van der Waals surface area (Å²) in [7, 11) is 0. The van der Waals surface area contributed by atoms with E-state index in [4.69, 9.17) is 11.5 Å². The Bertz CT molecular complexity index is 575.